The van der Waals surface area contributed by atoms with Gasteiger partial charge in [-0.15, -0.1) is 0 Å². The van der Waals surface area contributed by atoms with Crippen LogP contribution in [0.3, 0.4) is 0 Å². The van der Waals surface area contributed by atoms with Gasteiger partial charge < -0.3 is 5.11 Å². The molecule has 1 heterocycles. The van der Waals surface area contributed by atoms with E-state index in [1.807, 2.05) is 10.9 Å². The highest BCUT2D eigenvalue weighted by Gasteiger charge is 2.02. The molecule has 0 aliphatic heterocycles. The molecular weight excluding hydrogens is 252 g/mol. The average Bonchev–Trinajstić information content (AvgIpc) is 2.85. The lowest BCUT2D eigenvalue weighted by Crippen LogP contribution is -1.98. The summed E-state index contributed by atoms with van der Waals surface area (Å²) in [6.07, 6.45) is 12.3. The number of hydrogen-bond donors (Lipinski definition) is 1. The molecule has 1 rings (SSSR count). The van der Waals surface area contributed by atoms with Crippen LogP contribution in [0, 0.1) is 0 Å². The Morgan fingerprint density at radius 1 is 1.15 bits per heavy atom. The normalized spacial score (nSPS) is 11.2. The van der Waals surface area contributed by atoms with E-state index in [1.165, 1.54) is 31.2 Å². The Kier molecular flexibility index (Phi) is 8.00. The molecule has 0 bridgehead atoms. The summed E-state index contributed by atoms with van der Waals surface area (Å²) in [6.45, 7) is 5.38. The van der Waals surface area contributed by atoms with Crippen molar-refractivity contribution in [3.05, 3.63) is 18.0 Å². The molecule has 0 saturated carbocycles. The molecule has 0 aliphatic rings. The predicted octanol–water partition coefficient (Wildman–Crippen LogP) is 4.21. The van der Waals surface area contributed by atoms with Crippen LogP contribution in [0.25, 0.3) is 0 Å². The number of carbonyl (C=O) groups is 1. The zero-order valence-corrected chi connectivity index (χ0v) is 12.8. The van der Waals surface area contributed by atoms with Crippen molar-refractivity contribution in [2.45, 2.75) is 77.7 Å². The number of carboxylic acids is 1. The van der Waals surface area contributed by atoms with Crippen molar-refractivity contribution in [1.82, 2.24) is 9.78 Å². The molecule has 0 amide bonds. The smallest absolute Gasteiger partial charge is 0.303 e. The fourth-order valence-electron chi connectivity index (χ4n) is 2.23. The van der Waals surface area contributed by atoms with Crippen LogP contribution in [-0.2, 0) is 11.3 Å². The molecule has 20 heavy (non-hydrogen) atoms. The molecule has 4 nitrogen and oxygen atoms in total. The van der Waals surface area contributed by atoms with Crippen LogP contribution in [0.15, 0.2) is 12.4 Å². The second-order valence-corrected chi connectivity index (χ2v) is 5.81. The van der Waals surface area contributed by atoms with Gasteiger partial charge in [0, 0.05) is 19.2 Å². The summed E-state index contributed by atoms with van der Waals surface area (Å²) in [5.41, 5.74) is 1.31. The SMILES string of the molecule is CC(C)c1cnn(CCCCCCCCCC(=O)O)c1. The van der Waals surface area contributed by atoms with E-state index >= 15 is 0 Å². The number of nitrogens with zero attached hydrogens (tertiary/aromatic N) is 2. The molecule has 0 fully saturated rings. The van der Waals surface area contributed by atoms with E-state index in [1.54, 1.807) is 0 Å². The molecule has 0 radical (unpaired) electrons. The predicted molar refractivity (Wildman–Crippen MR) is 80.9 cm³/mol. The number of aromatic nitrogens is 2. The number of carboxylic acid groups (broad SMARTS) is 1. The minimum absolute atomic E-state index is 0.317. The monoisotopic (exact) mass is 280 g/mol. The van der Waals surface area contributed by atoms with Gasteiger partial charge in [-0.25, -0.2) is 0 Å². The van der Waals surface area contributed by atoms with Crippen LogP contribution in [0.5, 0.6) is 0 Å². The maximum absolute atomic E-state index is 10.3. The van der Waals surface area contributed by atoms with Crippen LogP contribution >= 0.6 is 0 Å². The molecule has 1 N–H and O–H groups in total. The van der Waals surface area contributed by atoms with Gasteiger partial charge in [-0.2, -0.15) is 5.10 Å². The zero-order chi connectivity index (χ0) is 14.8. The fourth-order valence-corrected chi connectivity index (χ4v) is 2.23. The van der Waals surface area contributed by atoms with Gasteiger partial charge in [0.1, 0.15) is 0 Å². The minimum Gasteiger partial charge on any atom is -0.481 e. The summed E-state index contributed by atoms with van der Waals surface area (Å²) < 4.78 is 2.04. The summed E-state index contributed by atoms with van der Waals surface area (Å²) in [7, 11) is 0. The Morgan fingerprint density at radius 3 is 2.30 bits per heavy atom. The third kappa shape index (κ3) is 7.31. The first-order chi connectivity index (χ1) is 9.59. The van der Waals surface area contributed by atoms with E-state index < -0.39 is 5.97 Å². The van der Waals surface area contributed by atoms with Gasteiger partial charge in [0.15, 0.2) is 0 Å². The first-order valence-electron chi connectivity index (χ1n) is 7.83. The highest BCUT2D eigenvalue weighted by molar-refractivity contribution is 5.66. The van der Waals surface area contributed by atoms with Crippen molar-refractivity contribution >= 4 is 5.97 Å². The molecule has 1 aromatic heterocycles. The Balaban J connectivity index is 1.95. The molecule has 0 aliphatic carbocycles. The number of aryl methyl sites for hydroxylation is 1. The highest BCUT2D eigenvalue weighted by Crippen LogP contribution is 2.13. The topological polar surface area (TPSA) is 55.1 Å². The Labute approximate surface area is 122 Å². The Bertz CT molecular complexity index is 386. The maximum atomic E-state index is 10.3. The molecule has 1 aromatic rings. The molecule has 0 atom stereocenters. The van der Waals surface area contributed by atoms with Crippen molar-refractivity contribution in [1.29, 1.82) is 0 Å². The van der Waals surface area contributed by atoms with Crippen LogP contribution in [0.1, 0.15) is 76.7 Å². The Hall–Kier alpha value is -1.32. The first kappa shape index (κ1) is 16.7. The van der Waals surface area contributed by atoms with Gasteiger partial charge in [0.05, 0.1) is 6.20 Å². The largest absolute Gasteiger partial charge is 0.481 e. The van der Waals surface area contributed by atoms with E-state index in [4.69, 9.17) is 5.11 Å². The number of hydrogen-bond acceptors (Lipinski definition) is 2. The molecule has 114 valence electrons. The second-order valence-electron chi connectivity index (χ2n) is 5.81. The van der Waals surface area contributed by atoms with Crippen molar-refractivity contribution in [3.63, 3.8) is 0 Å². The minimum atomic E-state index is -0.676. The lowest BCUT2D eigenvalue weighted by Gasteiger charge is -2.03. The number of rotatable bonds is 11. The lowest BCUT2D eigenvalue weighted by molar-refractivity contribution is -0.137. The van der Waals surface area contributed by atoms with Crippen LogP contribution in [-0.4, -0.2) is 20.9 Å². The van der Waals surface area contributed by atoms with Crippen LogP contribution in [0.2, 0.25) is 0 Å². The summed E-state index contributed by atoms with van der Waals surface area (Å²) >= 11 is 0. The van der Waals surface area contributed by atoms with E-state index in [0.717, 1.165) is 25.8 Å². The molecule has 0 saturated heterocycles. The highest BCUT2D eigenvalue weighted by atomic mass is 16.4. The summed E-state index contributed by atoms with van der Waals surface area (Å²) in [5, 5.41) is 12.9. The van der Waals surface area contributed by atoms with Gasteiger partial charge in [-0.1, -0.05) is 46.0 Å². The van der Waals surface area contributed by atoms with E-state index in [0.29, 0.717) is 12.3 Å². The summed E-state index contributed by atoms with van der Waals surface area (Å²) in [4.78, 5) is 10.3. The zero-order valence-electron chi connectivity index (χ0n) is 12.8. The molecule has 0 spiro atoms. The maximum Gasteiger partial charge on any atom is 0.303 e. The molecule has 4 heteroatoms. The van der Waals surface area contributed by atoms with Crippen molar-refractivity contribution in [2.75, 3.05) is 0 Å². The van der Waals surface area contributed by atoms with E-state index in [-0.39, 0.29) is 0 Å². The standard InChI is InChI=1S/C16H28N2O2/c1-14(2)15-12-17-18(13-15)11-9-7-5-3-4-6-8-10-16(19)20/h12-14H,3-11H2,1-2H3,(H,19,20). The van der Waals surface area contributed by atoms with Crippen molar-refractivity contribution in [2.24, 2.45) is 0 Å². The summed E-state index contributed by atoms with van der Waals surface area (Å²) in [6, 6.07) is 0. The lowest BCUT2D eigenvalue weighted by atomic mass is 10.1. The number of unbranched alkanes of at least 4 members (excludes halogenated alkanes) is 6. The van der Waals surface area contributed by atoms with Crippen molar-refractivity contribution < 1.29 is 9.90 Å². The first-order valence-corrected chi connectivity index (χ1v) is 7.83. The van der Waals surface area contributed by atoms with Crippen LogP contribution < -0.4 is 0 Å². The second kappa shape index (κ2) is 9.56. The third-order valence-electron chi connectivity index (χ3n) is 3.60. The fraction of sp³-hybridized carbons (Fsp3) is 0.750. The van der Waals surface area contributed by atoms with Gasteiger partial charge in [0.2, 0.25) is 0 Å². The average molecular weight is 280 g/mol. The van der Waals surface area contributed by atoms with E-state index in [9.17, 15) is 4.79 Å². The third-order valence-corrected chi connectivity index (χ3v) is 3.60. The molecule has 0 aromatic carbocycles. The van der Waals surface area contributed by atoms with Gasteiger partial charge in [-0.3, -0.25) is 9.48 Å². The number of aliphatic carboxylic acids is 1. The quantitative estimate of drug-likeness (QED) is 0.618. The van der Waals surface area contributed by atoms with E-state index in [2.05, 4.69) is 25.1 Å². The van der Waals surface area contributed by atoms with Crippen LogP contribution in [0.4, 0.5) is 0 Å². The van der Waals surface area contributed by atoms with Gasteiger partial charge >= 0.3 is 5.97 Å². The van der Waals surface area contributed by atoms with Gasteiger partial charge in [-0.05, 0) is 24.3 Å². The molecule has 0 unspecified atom stereocenters. The summed E-state index contributed by atoms with van der Waals surface area (Å²) in [5.74, 6) is -0.125. The molecular formula is C16H28N2O2. The van der Waals surface area contributed by atoms with Crippen molar-refractivity contribution in [3.8, 4) is 0 Å². The van der Waals surface area contributed by atoms with Gasteiger partial charge in [0.25, 0.3) is 0 Å². The Morgan fingerprint density at radius 2 is 1.75 bits per heavy atom.